The highest BCUT2D eigenvalue weighted by Gasteiger charge is 2.47. The Morgan fingerprint density at radius 2 is 0.932 bits per heavy atom. The van der Waals surface area contributed by atoms with Crippen LogP contribution in [-0.4, -0.2) is 74.5 Å². The van der Waals surface area contributed by atoms with Gasteiger partial charge in [-0.1, -0.05) is 34.7 Å². The van der Waals surface area contributed by atoms with Gasteiger partial charge in [0, 0.05) is 22.2 Å². The number of hydrogen-bond acceptors (Lipinski definition) is 8. The van der Waals surface area contributed by atoms with Gasteiger partial charge in [-0.25, -0.2) is 9.36 Å². The second-order valence-electron chi connectivity index (χ2n) is 15.2. The SMILES string of the molecule is CC1(C)CC(OCc2cn(Cc3ccc(Cn4cc(COC5CC(C)(C)N([O])C(C)(C)C5)nn4)cc3)nn2)CC(C)(C)N1[O]. The smallest absolute Gasteiger partial charge is 0.108 e. The highest BCUT2D eigenvalue weighted by molar-refractivity contribution is 5.23. The van der Waals surface area contributed by atoms with E-state index in [0.29, 0.717) is 52.0 Å². The van der Waals surface area contributed by atoms with Gasteiger partial charge in [0.05, 0.1) is 50.9 Å². The van der Waals surface area contributed by atoms with Crippen LogP contribution in [0.2, 0.25) is 0 Å². The van der Waals surface area contributed by atoms with Crippen molar-refractivity contribution >= 4 is 0 Å². The molecule has 3 aromatic rings. The van der Waals surface area contributed by atoms with Gasteiger partial charge in [-0.05, 0) is 92.2 Å². The summed E-state index contributed by atoms with van der Waals surface area (Å²) in [5, 5.41) is 44.8. The summed E-state index contributed by atoms with van der Waals surface area (Å²) in [4.78, 5) is 0. The van der Waals surface area contributed by atoms with Crippen LogP contribution in [0.25, 0.3) is 0 Å². The van der Waals surface area contributed by atoms with E-state index in [1.807, 2.05) is 77.1 Å². The zero-order valence-electron chi connectivity index (χ0n) is 27.5. The number of rotatable bonds is 10. The maximum atomic E-state index is 12.6. The Morgan fingerprint density at radius 3 is 1.25 bits per heavy atom. The Hall–Kier alpha value is -2.74. The van der Waals surface area contributed by atoms with Crippen molar-refractivity contribution in [2.45, 2.75) is 142 Å². The molecule has 2 aliphatic rings. The molecule has 0 atom stereocenters. The first-order valence-electron chi connectivity index (χ1n) is 15.6. The molecule has 12 nitrogen and oxygen atoms in total. The van der Waals surface area contributed by atoms with Gasteiger partial charge in [0.1, 0.15) is 11.4 Å². The maximum Gasteiger partial charge on any atom is 0.108 e. The van der Waals surface area contributed by atoms with Crippen LogP contribution in [0.3, 0.4) is 0 Å². The lowest BCUT2D eigenvalue weighted by molar-refractivity contribution is -0.301. The molecule has 2 aliphatic heterocycles. The third kappa shape index (κ3) is 7.55. The number of hydrogen-bond donors (Lipinski definition) is 0. The lowest BCUT2D eigenvalue weighted by Gasteiger charge is -2.49. The van der Waals surface area contributed by atoms with E-state index in [1.54, 1.807) is 0 Å². The molecule has 2 radical (unpaired) electrons. The normalized spacial score (nSPS) is 22.4. The van der Waals surface area contributed by atoms with E-state index in [9.17, 15) is 10.4 Å². The molecule has 0 spiro atoms. The van der Waals surface area contributed by atoms with Crippen LogP contribution in [0.5, 0.6) is 0 Å². The molecular weight excluding hydrogens is 560 g/mol. The monoisotopic (exact) mass is 608 g/mol. The Balaban J connectivity index is 1.08. The van der Waals surface area contributed by atoms with Crippen LogP contribution >= 0.6 is 0 Å². The molecule has 240 valence electrons. The molecule has 0 amide bonds. The number of benzene rings is 1. The van der Waals surface area contributed by atoms with Crippen LogP contribution in [-0.2, 0) is 46.2 Å². The molecular formula is C32H48N8O4. The molecule has 5 rings (SSSR count). The lowest BCUT2D eigenvalue weighted by atomic mass is 9.80. The fraction of sp³-hybridized carbons (Fsp3) is 0.688. The summed E-state index contributed by atoms with van der Waals surface area (Å²) in [5.41, 5.74) is 1.91. The van der Waals surface area contributed by atoms with E-state index in [4.69, 9.17) is 9.47 Å². The van der Waals surface area contributed by atoms with E-state index in [-0.39, 0.29) is 12.2 Å². The van der Waals surface area contributed by atoms with Gasteiger partial charge in [-0.3, -0.25) is 0 Å². The summed E-state index contributed by atoms with van der Waals surface area (Å²) in [6.45, 7) is 17.7. The van der Waals surface area contributed by atoms with Gasteiger partial charge in [0.2, 0.25) is 0 Å². The van der Waals surface area contributed by atoms with Crippen LogP contribution < -0.4 is 0 Å². The van der Waals surface area contributed by atoms with Crippen molar-refractivity contribution < 1.29 is 19.9 Å². The van der Waals surface area contributed by atoms with Crippen LogP contribution in [0.1, 0.15) is 104 Å². The predicted octanol–water partition coefficient (Wildman–Crippen LogP) is 4.73. The van der Waals surface area contributed by atoms with Crippen molar-refractivity contribution in [3.8, 4) is 0 Å². The second kappa shape index (κ2) is 12.2. The summed E-state index contributed by atoms with van der Waals surface area (Å²) >= 11 is 0. The molecule has 1 aromatic carbocycles. The van der Waals surface area contributed by atoms with Crippen molar-refractivity contribution in [2.75, 3.05) is 0 Å². The first-order chi connectivity index (χ1) is 20.5. The molecule has 0 saturated carbocycles. The van der Waals surface area contributed by atoms with Crippen molar-refractivity contribution in [1.82, 2.24) is 40.1 Å². The Morgan fingerprint density at radius 1 is 0.614 bits per heavy atom. The lowest BCUT2D eigenvalue weighted by Crippen LogP contribution is -2.59. The summed E-state index contributed by atoms with van der Waals surface area (Å²) in [5.74, 6) is 0. The van der Waals surface area contributed by atoms with Gasteiger partial charge < -0.3 is 9.47 Å². The molecule has 44 heavy (non-hydrogen) atoms. The Kier molecular flexibility index (Phi) is 9.07. The summed E-state index contributed by atoms with van der Waals surface area (Å²) in [6.07, 6.45) is 6.57. The van der Waals surface area contributed by atoms with Crippen LogP contribution in [0.15, 0.2) is 36.7 Å². The average Bonchev–Trinajstić information content (AvgIpc) is 3.58. The molecule has 2 saturated heterocycles. The maximum absolute atomic E-state index is 12.6. The zero-order valence-corrected chi connectivity index (χ0v) is 27.5. The minimum Gasteiger partial charge on any atom is -0.372 e. The third-order valence-electron chi connectivity index (χ3n) is 8.93. The van der Waals surface area contributed by atoms with Gasteiger partial charge in [-0.2, -0.15) is 0 Å². The van der Waals surface area contributed by atoms with Gasteiger partial charge in [-0.15, -0.1) is 30.7 Å². The first kappa shape index (κ1) is 32.6. The minimum absolute atomic E-state index is 0.000624. The molecule has 12 heteroatoms. The molecule has 4 heterocycles. The summed E-state index contributed by atoms with van der Waals surface area (Å²) < 4.78 is 16.0. The van der Waals surface area contributed by atoms with Crippen molar-refractivity contribution in [3.63, 3.8) is 0 Å². The highest BCUT2D eigenvalue weighted by atomic mass is 16.5. The molecule has 2 fully saturated rings. The van der Waals surface area contributed by atoms with Gasteiger partial charge >= 0.3 is 0 Å². The molecule has 0 N–H and O–H groups in total. The fourth-order valence-electron chi connectivity index (χ4n) is 7.07. The molecule has 0 bridgehead atoms. The standard InChI is InChI=1S/C32H48N8O4/c1-29(2)13-27(14-30(3,4)39(29)41)43-21-25-19-37(35-33-25)17-23-9-11-24(12-10-23)18-38-20-26(34-36-38)22-44-28-15-31(5,6)40(42)32(7,8)16-28/h9-12,19-20,27-28H,13-18,21-22H2,1-8H3. The second-order valence-corrected chi connectivity index (χ2v) is 15.2. The van der Waals surface area contributed by atoms with E-state index in [1.165, 1.54) is 10.1 Å². The predicted molar refractivity (Wildman–Crippen MR) is 162 cm³/mol. The fourth-order valence-corrected chi connectivity index (χ4v) is 7.07. The van der Waals surface area contributed by atoms with E-state index < -0.39 is 22.2 Å². The quantitative estimate of drug-likeness (QED) is 0.323. The largest absolute Gasteiger partial charge is 0.372 e. The van der Waals surface area contributed by atoms with E-state index in [0.717, 1.165) is 22.5 Å². The van der Waals surface area contributed by atoms with Crippen molar-refractivity contribution in [1.29, 1.82) is 0 Å². The minimum atomic E-state index is -0.465. The third-order valence-corrected chi connectivity index (χ3v) is 8.93. The average molecular weight is 609 g/mol. The topological polar surface area (TPSA) is 126 Å². The highest BCUT2D eigenvalue weighted by Crippen LogP contribution is 2.39. The summed E-state index contributed by atoms with van der Waals surface area (Å²) in [6, 6.07) is 8.34. The number of piperidine rings is 2. The number of hydroxylamine groups is 4. The van der Waals surface area contributed by atoms with E-state index >= 15 is 0 Å². The van der Waals surface area contributed by atoms with Gasteiger partial charge in [0.25, 0.3) is 0 Å². The number of nitrogens with zero attached hydrogens (tertiary/aromatic N) is 8. The number of aromatic nitrogens is 6. The van der Waals surface area contributed by atoms with Crippen molar-refractivity contribution in [2.24, 2.45) is 0 Å². The van der Waals surface area contributed by atoms with Crippen LogP contribution in [0, 0.1) is 0 Å². The Bertz CT molecular complexity index is 1260. The molecule has 0 unspecified atom stereocenters. The number of ether oxygens (including phenoxy) is 2. The summed E-state index contributed by atoms with van der Waals surface area (Å²) in [7, 11) is 0. The molecule has 2 aromatic heterocycles. The first-order valence-corrected chi connectivity index (χ1v) is 15.6. The molecule has 0 aliphatic carbocycles. The van der Waals surface area contributed by atoms with Crippen molar-refractivity contribution in [3.05, 3.63) is 59.2 Å². The van der Waals surface area contributed by atoms with E-state index in [2.05, 4.69) is 44.9 Å². The van der Waals surface area contributed by atoms with Crippen LogP contribution in [0.4, 0.5) is 0 Å². The van der Waals surface area contributed by atoms with Gasteiger partial charge in [0.15, 0.2) is 0 Å². The Labute approximate surface area is 260 Å². The zero-order chi connectivity index (χ0) is 31.9.